The van der Waals surface area contributed by atoms with E-state index in [1.807, 2.05) is 0 Å². The molecule has 0 atom stereocenters. The minimum absolute atomic E-state index is 0. The third-order valence-corrected chi connectivity index (χ3v) is 0. The fraction of sp³-hybridized carbons (Fsp3) is 0. The Hall–Kier alpha value is 2.81. The van der Waals surface area contributed by atoms with Gasteiger partial charge >= 0.3 is 54.5 Å². The van der Waals surface area contributed by atoms with Crippen LogP contribution in [0.2, 0.25) is 0 Å². The Morgan fingerprint density at radius 3 is 0.857 bits per heavy atom. The van der Waals surface area contributed by atoms with E-state index in [-0.39, 0.29) is 83.7 Å². The average Bonchev–Trinajstić information content (AvgIpc) is 0.722. The van der Waals surface area contributed by atoms with Gasteiger partial charge in [-0.25, -0.2) is 0 Å². The van der Waals surface area contributed by atoms with E-state index in [1.165, 1.54) is 0 Å². The van der Waals surface area contributed by atoms with Crippen LogP contribution in [0.5, 0.6) is 0 Å². The molecule has 0 aliphatic heterocycles. The number of hydrogen-bond donors (Lipinski definition) is 4. The molecule has 0 aromatic carbocycles. The number of rotatable bonds is 0. The van der Waals surface area contributed by atoms with Crippen molar-refractivity contribution in [1.29, 1.82) is 0 Å². The zero-order valence-corrected chi connectivity index (χ0v) is 5.63. The van der Waals surface area contributed by atoms with E-state index in [2.05, 4.69) is 0 Å². The molecule has 0 rings (SSSR count). The van der Waals surface area contributed by atoms with E-state index in [0.717, 1.165) is 0 Å². The fourth-order valence-electron chi connectivity index (χ4n) is 0. The molecule has 0 bridgehead atoms. The first-order valence-corrected chi connectivity index (χ1v) is 2.68. The second-order valence-electron chi connectivity index (χ2n) is 0.600. The molecular weight excluding hydrogens is 342 g/mol. The summed E-state index contributed by atoms with van der Waals surface area (Å²) in [6, 6.07) is 0. The van der Waals surface area contributed by atoms with E-state index in [4.69, 9.17) is 19.2 Å². The topological polar surface area (TPSA) is 80.9 Å². The van der Waals surface area contributed by atoms with Gasteiger partial charge in [0.25, 0.3) is 0 Å². The van der Waals surface area contributed by atoms with Crippen LogP contribution in [-0.4, -0.2) is 73.7 Å². The third-order valence-electron chi connectivity index (χ3n) is 0. The summed E-state index contributed by atoms with van der Waals surface area (Å²) in [4.78, 5) is 29.3. The van der Waals surface area contributed by atoms with E-state index in [0.29, 0.717) is 0 Å². The van der Waals surface area contributed by atoms with Crippen LogP contribution in [0.1, 0.15) is 0 Å². The molecule has 0 radical (unpaired) electrons. The Kier molecular flexibility index (Phi) is 16.2. The molecule has 0 aliphatic rings. The molecule has 0 aromatic rings. The minimum atomic E-state index is -4.61. The van der Waals surface area contributed by atoms with E-state index < -0.39 is 9.05 Å². The SMILES string of the molecule is O[Si](O)(O)O.[Dy].[SrH2]. The van der Waals surface area contributed by atoms with Gasteiger partial charge in [0.15, 0.2) is 0 Å². The van der Waals surface area contributed by atoms with Crippen molar-refractivity contribution in [2.24, 2.45) is 0 Å². The van der Waals surface area contributed by atoms with Crippen molar-refractivity contribution in [1.82, 2.24) is 0 Å². The molecule has 7 heavy (non-hydrogen) atoms. The zero-order chi connectivity index (χ0) is 4.50. The Morgan fingerprint density at radius 1 is 0.857 bits per heavy atom. The summed E-state index contributed by atoms with van der Waals surface area (Å²) >= 11 is 0. The van der Waals surface area contributed by atoms with E-state index >= 15 is 0 Å². The first-order valence-electron chi connectivity index (χ1n) is 0.894. The van der Waals surface area contributed by atoms with Gasteiger partial charge in [0.2, 0.25) is 0 Å². The maximum absolute atomic E-state index is 7.33. The molecule has 0 amide bonds. The first-order chi connectivity index (χ1) is 2.00. The van der Waals surface area contributed by atoms with Gasteiger partial charge in [-0.15, -0.1) is 0 Å². The van der Waals surface area contributed by atoms with Gasteiger partial charge in [-0.3, -0.25) is 0 Å². The second kappa shape index (κ2) is 6.92. The monoisotopic (exact) mass is 350 g/mol. The second-order valence-corrected chi connectivity index (χ2v) is 1.80. The van der Waals surface area contributed by atoms with Crippen LogP contribution in [-0.2, 0) is 0 Å². The summed E-state index contributed by atoms with van der Waals surface area (Å²) < 4.78 is 0. The summed E-state index contributed by atoms with van der Waals surface area (Å²) in [6.45, 7) is 0. The summed E-state index contributed by atoms with van der Waals surface area (Å²) in [5.41, 5.74) is 0. The average molecular weight is 348 g/mol. The molecule has 0 saturated heterocycles. The Balaban J connectivity index is -0.0000000800. The maximum atomic E-state index is 7.33. The van der Waals surface area contributed by atoms with Gasteiger partial charge in [-0.05, 0) is 0 Å². The predicted octanol–water partition coefficient (Wildman–Crippen LogP) is -3.52. The third kappa shape index (κ3) is 51.7. The predicted molar refractivity (Wildman–Crippen MR) is 23.2 cm³/mol. The Bertz CT molecular complexity index is 27.2. The molecule has 0 heterocycles. The van der Waals surface area contributed by atoms with Gasteiger partial charge in [0.1, 0.15) is 0 Å². The Labute approximate surface area is 109 Å². The van der Waals surface area contributed by atoms with Crippen molar-refractivity contribution in [3.63, 3.8) is 0 Å². The summed E-state index contributed by atoms with van der Waals surface area (Å²) in [5.74, 6) is 0. The van der Waals surface area contributed by atoms with Crippen LogP contribution >= 0.6 is 0 Å². The van der Waals surface area contributed by atoms with Gasteiger partial charge in [0.05, 0.1) is 0 Å². The van der Waals surface area contributed by atoms with E-state index in [9.17, 15) is 0 Å². The molecule has 0 aromatic heterocycles. The van der Waals surface area contributed by atoms with Crippen molar-refractivity contribution in [2.45, 2.75) is 0 Å². The molecular formula is H6DyO4SiSr. The molecule has 7 heteroatoms. The molecule has 0 spiro atoms. The van der Waals surface area contributed by atoms with Crippen LogP contribution in [0.25, 0.3) is 0 Å². The summed E-state index contributed by atoms with van der Waals surface area (Å²) in [5, 5.41) is 0. The van der Waals surface area contributed by atoms with Crippen molar-refractivity contribution < 1.29 is 57.4 Å². The molecule has 0 fully saturated rings. The van der Waals surface area contributed by atoms with Crippen LogP contribution in [0.3, 0.4) is 0 Å². The van der Waals surface area contributed by atoms with Crippen molar-refractivity contribution in [2.75, 3.05) is 0 Å². The molecule has 4 N–H and O–H groups in total. The van der Waals surface area contributed by atoms with Gasteiger partial charge in [0, 0.05) is 38.2 Å². The summed E-state index contributed by atoms with van der Waals surface area (Å²) in [6.07, 6.45) is 0. The van der Waals surface area contributed by atoms with Crippen LogP contribution in [0.15, 0.2) is 0 Å². The fourth-order valence-corrected chi connectivity index (χ4v) is 0. The summed E-state index contributed by atoms with van der Waals surface area (Å²) in [7, 11) is -4.61. The quantitative estimate of drug-likeness (QED) is 0.342. The standard InChI is InChI=1S/Dy.H4O4Si.Sr.2H/c;1-5(2,3)4;;;/h;1-4H;;;. The zero-order valence-electron chi connectivity index (χ0n) is 2.61. The normalized spacial score (nSPS) is 8.57. The van der Waals surface area contributed by atoms with Crippen molar-refractivity contribution in [3.05, 3.63) is 0 Å². The van der Waals surface area contributed by atoms with Gasteiger partial charge in [-0.2, -0.15) is 0 Å². The van der Waals surface area contributed by atoms with Gasteiger partial charge in [-0.1, -0.05) is 0 Å². The van der Waals surface area contributed by atoms with Crippen LogP contribution in [0, 0.1) is 38.2 Å². The van der Waals surface area contributed by atoms with Crippen LogP contribution in [0.4, 0.5) is 0 Å². The first kappa shape index (κ1) is 16.4. The molecule has 0 saturated carbocycles. The van der Waals surface area contributed by atoms with Crippen LogP contribution < -0.4 is 0 Å². The van der Waals surface area contributed by atoms with Crippen molar-refractivity contribution in [3.8, 4) is 0 Å². The van der Waals surface area contributed by atoms with Crippen molar-refractivity contribution >= 4 is 54.5 Å². The van der Waals surface area contributed by atoms with E-state index in [1.54, 1.807) is 0 Å². The molecule has 46 valence electrons. The molecule has 0 unspecified atom stereocenters. The molecule has 0 aliphatic carbocycles. The number of hydrogen-bond acceptors (Lipinski definition) is 4. The molecule has 4 nitrogen and oxygen atoms in total. The van der Waals surface area contributed by atoms with Gasteiger partial charge < -0.3 is 19.2 Å². The Morgan fingerprint density at radius 2 is 0.857 bits per heavy atom.